The average Bonchev–Trinajstić information content (AvgIpc) is 2.36. The molecule has 0 bridgehead atoms. The van der Waals surface area contributed by atoms with Crippen LogP contribution in [0.25, 0.3) is 0 Å². The molecule has 1 aromatic rings. The van der Waals surface area contributed by atoms with E-state index in [0.717, 1.165) is 5.56 Å². The minimum Gasteiger partial charge on any atom is -0.396 e. The molecular formula is C7H5FN3. The minimum atomic E-state index is -0.446. The number of anilines is 1. The van der Waals surface area contributed by atoms with Crippen LogP contribution in [-0.4, -0.2) is 6.21 Å². The normalized spacial score (nSPS) is 12.8. The molecule has 0 aliphatic carbocycles. The van der Waals surface area contributed by atoms with Gasteiger partial charge in [0.25, 0.3) is 0 Å². The summed E-state index contributed by atoms with van der Waals surface area (Å²) in [6, 6.07) is 2.79. The standard InChI is InChI=1S/C7H5FN3/c8-5-2-7-4(1-6(5)9)3-10-11-7/h1-3H,9H2. The van der Waals surface area contributed by atoms with Gasteiger partial charge in [-0.05, 0) is 6.07 Å². The van der Waals surface area contributed by atoms with E-state index in [0.29, 0.717) is 5.69 Å². The maximum absolute atomic E-state index is 12.7. The maximum Gasteiger partial charge on any atom is 0.148 e. The van der Waals surface area contributed by atoms with Crippen molar-refractivity contribution >= 4 is 17.6 Å². The lowest BCUT2D eigenvalue weighted by Crippen LogP contribution is -1.93. The van der Waals surface area contributed by atoms with Crippen LogP contribution in [0.3, 0.4) is 0 Å². The van der Waals surface area contributed by atoms with E-state index in [1.54, 1.807) is 6.21 Å². The van der Waals surface area contributed by atoms with Crippen molar-refractivity contribution in [3.63, 3.8) is 0 Å². The summed E-state index contributed by atoms with van der Waals surface area (Å²) in [7, 11) is 0. The fraction of sp³-hybridized carbons (Fsp3) is 0. The second kappa shape index (κ2) is 1.95. The number of halogens is 1. The van der Waals surface area contributed by atoms with Crippen LogP contribution >= 0.6 is 0 Å². The largest absolute Gasteiger partial charge is 0.396 e. The third-order valence-electron chi connectivity index (χ3n) is 1.51. The van der Waals surface area contributed by atoms with Crippen LogP contribution in [0, 0.1) is 5.82 Å². The lowest BCUT2D eigenvalue weighted by Gasteiger charge is -1.98. The Morgan fingerprint density at radius 2 is 2.18 bits per heavy atom. The zero-order chi connectivity index (χ0) is 7.84. The van der Waals surface area contributed by atoms with Gasteiger partial charge in [0.15, 0.2) is 0 Å². The van der Waals surface area contributed by atoms with Crippen molar-refractivity contribution in [2.45, 2.75) is 0 Å². The molecule has 0 spiro atoms. The zero-order valence-electron chi connectivity index (χ0n) is 5.58. The molecule has 1 aliphatic rings. The molecule has 0 aromatic heterocycles. The van der Waals surface area contributed by atoms with Crippen molar-refractivity contribution < 1.29 is 4.39 Å². The first-order valence-electron chi connectivity index (χ1n) is 3.10. The summed E-state index contributed by atoms with van der Waals surface area (Å²) < 4.78 is 12.7. The van der Waals surface area contributed by atoms with Crippen LogP contribution in [0.1, 0.15) is 5.56 Å². The molecule has 0 saturated carbocycles. The first kappa shape index (κ1) is 6.15. The maximum atomic E-state index is 12.7. The summed E-state index contributed by atoms with van der Waals surface area (Å²) in [5.74, 6) is -0.446. The molecule has 0 saturated heterocycles. The van der Waals surface area contributed by atoms with Gasteiger partial charge >= 0.3 is 0 Å². The molecule has 2 N–H and O–H groups in total. The highest BCUT2D eigenvalue weighted by molar-refractivity contribution is 5.90. The van der Waals surface area contributed by atoms with Gasteiger partial charge in [0.2, 0.25) is 0 Å². The Hall–Kier alpha value is -1.58. The van der Waals surface area contributed by atoms with Gasteiger partial charge in [0.05, 0.1) is 17.6 Å². The Morgan fingerprint density at radius 3 is 3.00 bits per heavy atom. The predicted molar refractivity (Wildman–Crippen MR) is 40.2 cm³/mol. The quantitative estimate of drug-likeness (QED) is 0.551. The monoisotopic (exact) mass is 150 g/mol. The minimum absolute atomic E-state index is 0.132. The summed E-state index contributed by atoms with van der Waals surface area (Å²) in [6.07, 6.45) is 1.55. The van der Waals surface area contributed by atoms with E-state index < -0.39 is 5.82 Å². The van der Waals surface area contributed by atoms with Gasteiger partial charge in [-0.25, -0.2) is 4.39 Å². The molecule has 0 amide bonds. The summed E-state index contributed by atoms with van der Waals surface area (Å²) in [4.78, 5) is 0. The van der Waals surface area contributed by atoms with Crippen molar-refractivity contribution in [3.8, 4) is 0 Å². The molecule has 0 fully saturated rings. The molecule has 2 rings (SSSR count). The fourth-order valence-corrected chi connectivity index (χ4v) is 0.940. The second-order valence-electron chi connectivity index (χ2n) is 2.28. The van der Waals surface area contributed by atoms with E-state index in [1.165, 1.54) is 12.1 Å². The van der Waals surface area contributed by atoms with Crippen LogP contribution < -0.4 is 11.2 Å². The Morgan fingerprint density at radius 1 is 1.36 bits per heavy atom. The van der Waals surface area contributed by atoms with Gasteiger partial charge in [-0.15, -0.1) is 0 Å². The lowest BCUT2D eigenvalue weighted by molar-refractivity contribution is 0.631. The summed E-state index contributed by atoms with van der Waals surface area (Å²) in [6.45, 7) is 0. The van der Waals surface area contributed by atoms with Crippen LogP contribution in [-0.2, 0) is 0 Å². The predicted octanol–water partition coefficient (Wildman–Crippen LogP) is 0.991. The van der Waals surface area contributed by atoms with Crippen molar-refractivity contribution in [1.29, 1.82) is 0 Å². The summed E-state index contributed by atoms with van der Waals surface area (Å²) in [5.41, 5.74) is 10.4. The van der Waals surface area contributed by atoms with Crippen LogP contribution in [0.15, 0.2) is 17.2 Å². The fourth-order valence-electron chi connectivity index (χ4n) is 0.940. The third-order valence-corrected chi connectivity index (χ3v) is 1.51. The molecule has 1 aromatic carbocycles. The second-order valence-corrected chi connectivity index (χ2v) is 2.28. The van der Waals surface area contributed by atoms with E-state index >= 15 is 0 Å². The molecule has 1 heterocycles. The summed E-state index contributed by atoms with van der Waals surface area (Å²) >= 11 is 0. The van der Waals surface area contributed by atoms with Gasteiger partial charge in [-0.1, -0.05) is 0 Å². The van der Waals surface area contributed by atoms with Crippen LogP contribution in [0.4, 0.5) is 15.8 Å². The van der Waals surface area contributed by atoms with Crippen molar-refractivity contribution in [2.75, 3.05) is 5.73 Å². The van der Waals surface area contributed by atoms with Gasteiger partial charge in [-0.2, -0.15) is 10.5 Å². The topological polar surface area (TPSA) is 52.5 Å². The van der Waals surface area contributed by atoms with Gasteiger partial charge < -0.3 is 5.73 Å². The molecular weight excluding hydrogens is 145 g/mol. The Bertz CT molecular complexity index is 333. The number of benzene rings is 1. The van der Waals surface area contributed by atoms with E-state index in [1.807, 2.05) is 0 Å². The van der Waals surface area contributed by atoms with Crippen molar-refractivity contribution in [3.05, 3.63) is 23.5 Å². The van der Waals surface area contributed by atoms with Crippen LogP contribution in [0.5, 0.6) is 0 Å². The van der Waals surface area contributed by atoms with E-state index in [2.05, 4.69) is 10.5 Å². The first-order chi connectivity index (χ1) is 5.27. The molecule has 1 aliphatic heterocycles. The number of rotatable bonds is 0. The number of hydrogen-bond donors (Lipinski definition) is 1. The third kappa shape index (κ3) is 0.832. The number of hydrogen-bond acceptors (Lipinski definition) is 2. The number of nitrogens with zero attached hydrogens (tertiary/aromatic N) is 2. The smallest absolute Gasteiger partial charge is 0.148 e. The molecule has 11 heavy (non-hydrogen) atoms. The molecule has 1 radical (unpaired) electrons. The van der Waals surface area contributed by atoms with Crippen molar-refractivity contribution in [2.24, 2.45) is 5.10 Å². The molecule has 3 nitrogen and oxygen atoms in total. The van der Waals surface area contributed by atoms with Gasteiger partial charge in [0.1, 0.15) is 5.82 Å². The van der Waals surface area contributed by atoms with E-state index in [4.69, 9.17) is 5.73 Å². The van der Waals surface area contributed by atoms with Gasteiger partial charge in [-0.3, -0.25) is 0 Å². The van der Waals surface area contributed by atoms with Crippen LogP contribution in [0.2, 0.25) is 0 Å². The zero-order valence-corrected chi connectivity index (χ0v) is 5.58. The highest BCUT2D eigenvalue weighted by Gasteiger charge is 2.10. The van der Waals surface area contributed by atoms with E-state index in [9.17, 15) is 4.39 Å². The molecule has 55 valence electrons. The Balaban J connectivity index is 2.63. The Kier molecular flexibility index (Phi) is 1.09. The highest BCUT2D eigenvalue weighted by atomic mass is 19.1. The molecule has 0 unspecified atom stereocenters. The lowest BCUT2D eigenvalue weighted by atomic mass is 10.2. The van der Waals surface area contributed by atoms with E-state index in [-0.39, 0.29) is 5.69 Å². The molecule has 4 heteroatoms. The number of nitrogen functional groups attached to an aromatic ring is 1. The number of fused-ring (bicyclic) bond motifs is 1. The Labute approximate surface area is 62.7 Å². The van der Waals surface area contributed by atoms with Crippen molar-refractivity contribution in [1.82, 2.24) is 5.43 Å². The number of nitrogens with two attached hydrogens (primary N) is 1. The molecule has 0 atom stereocenters. The SMILES string of the molecule is Nc1cc2c(cc1F)[N]N=C2. The summed E-state index contributed by atoms with van der Waals surface area (Å²) in [5, 5.41) is 3.61. The first-order valence-corrected chi connectivity index (χ1v) is 3.10. The highest BCUT2D eigenvalue weighted by Crippen LogP contribution is 2.23. The average molecular weight is 150 g/mol. The van der Waals surface area contributed by atoms with Gasteiger partial charge in [0, 0.05) is 11.6 Å².